The maximum Gasteiger partial charge on any atom is 0.119 e. The van der Waals surface area contributed by atoms with Crippen LogP contribution >= 0.6 is 0 Å². The van der Waals surface area contributed by atoms with Gasteiger partial charge in [0.25, 0.3) is 0 Å². The van der Waals surface area contributed by atoms with Crippen LogP contribution in [0.2, 0.25) is 0 Å². The minimum absolute atomic E-state index is 0.132. The van der Waals surface area contributed by atoms with Crippen molar-refractivity contribution in [2.75, 3.05) is 6.61 Å². The normalized spacial score (nSPS) is 12.1. The average Bonchev–Trinajstić information content (AvgIpc) is 2.41. The molecular formula is C13H15N3O. The third-order valence-electron chi connectivity index (χ3n) is 2.40. The summed E-state index contributed by atoms with van der Waals surface area (Å²) in [5.41, 5.74) is 6.77. The lowest BCUT2D eigenvalue weighted by Gasteiger charge is -2.11. The quantitative estimate of drug-likeness (QED) is 0.851. The van der Waals surface area contributed by atoms with Gasteiger partial charge in [0.15, 0.2) is 0 Å². The van der Waals surface area contributed by atoms with Crippen LogP contribution in [0.25, 0.3) is 0 Å². The predicted molar refractivity (Wildman–Crippen MR) is 65.5 cm³/mol. The van der Waals surface area contributed by atoms with E-state index >= 15 is 0 Å². The van der Waals surface area contributed by atoms with E-state index in [1.165, 1.54) is 0 Å². The molecule has 0 aliphatic heterocycles. The molecule has 2 aromatic rings. The Hall–Kier alpha value is -1.94. The van der Waals surface area contributed by atoms with E-state index in [9.17, 15) is 0 Å². The van der Waals surface area contributed by atoms with Crippen molar-refractivity contribution in [1.29, 1.82) is 0 Å². The van der Waals surface area contributed by atoms with Gasteiger partial charge in [-0.2, -0.15) is 0 Å². The fourth-order valence-corrected chi connectivity index (χ4v) is 1.47. The highest BCUT2D eigenvalue weighted by molar-refractivity contribution is 5.20. The number of aromatic nitrogens is 2. The number of nitrogens with zero attached hydrogens (tertiary/aromatic N) is 2. The van der Waals surface area contributed by atoms with Crippen molar-refractivity contribution >= 4 is 0 Å². The van der Waals surface area contributed by atoms with Gasteiger partial charge in [0.05, 0.1) is 18.3 Å². The van der Waals surface area contributed by atoms with Crippen molar-refractivity contribution in [3.63, 3.8) is 0 Å². The molecule has 1 aromatic heterocycles. The second-order valence-electron chi connectivity index (χ2n) is 3.69. The number of ether oxygens (including phenoxy) is 1. The van der Waals surface area contributed by atoms with Crippen LogP contribution in [0, 0.1) is 0 Å². The first-order chi connectivity index (χ1) is 8.36. The van der Waals surface area contributed by atoms with Gasteiger partial charge in [-0.15, -0.1) is 0 Å². The second kappa shape index (κ2) is 5.96. The van der Waals surface area contributed by atoms with Crippen molar-refractivity contribution < 1.29 is 4.74 Å². The van der Waals surface area contributed by atoms with E-state index in [-0.39, 0.29) is 6.04 Å². The van der Waals surface area contributed by atoms with Crippen LogP contribution < -0.4 is 10.5 Å². The first kappa shape index (κ1) is 11.5. The van der Waals surface area contributed by atoms with Crippen LogP contribution in [0.3, 0.4) is 0 Å². The van der Waals surface area contributed by atoms with E-state index < -0.39 is 0 Å². The Labute approximate surface area is 100 Å². The number of para-hydroxylation sites is 1. The summed E-state index contributed by atoms with van der Waals surface area (Å²) < 4.78 is 5.57. The summed E-state index contributed by atoms with van der Waals surface area (Å²) in [4.78, 5) is 8.15. The minimum atomic E-state index is -0.132. The molecular weight excluding hydrogens is 214 g/mol. The van der Waals surface area contributed by atoms with Gasteiger partial charge < -0.3 is 10.5 Å². The van der Waals surface area contributed by atoms with E-state index in [2.05, 4.69) is 9.97 Å². The topological polar surface area (TPSA) is 61.0 Å². The number of nitrogens with two attached hydrogens (primary N) is 1. The van der Waals surface area contributed by atoms with Crippen LogP contribution in [0.5, 0.6) is 5.75 Å². The second-order valence-corrected chi connectivity index (χ2v) is 3.69. The van der Waals surface area contributed by atoms with E-state index in [4.69, 9.17) is 10.5 Å². The third-order valence-corrected chi connectivity index (χ3v) is 2.40. The Morgan fingerprint density at radius 3 is 2.71 bits per heavy atom. The van der Waals surface area contributed by atoms with E-state index in [1.54, 1.807) is 18.6 Å². The fourth-order valence-electron chi connectivity index (χ4n) is 1.47. The van der Waals surface area contributed by atoms with Gasteiger partial charge in [0.1, 0.15) is 5.75 Å². The first-order valence-corrected chi connectivity index (χ1v) is 5.55. The van der Waals surface area contributed by atoms with E-state index in [0.29, 0.717) is 13.0 Å². The molecule has 0 saturated carbocycles. The lowest BCUT2D eigenvalue weighted by Crippen LogP contribution is -2.15. The van der Waals surface area contributed by atoms with Crippen molar-refractivity contribution in [2.24, 2.45) is 5.73 Å². The van der Waals surface area contributed by atoms with Crippen LogP contribution in [-0.2, 0) is 0 Å². The van der Waals surface area contributed by atoms with Crippen molar-refractivity contribution in [2.45, 2.75) is 12.5 Å². The summed E-state index contributed by atoms with van der Waals surface area (Å²) in [7, 11) is 0. The van der Waals surface area contributed by atoms with Crippen LogP contribution in [0.4, 0.5) is 0 Å². The molecule has 1 atom stereocenters. The molecule has 17 heavy (non-hydrogen) atoms. The number of rotatable bonds is 5. The van der Waals surface area contributed by atoms with Crippen LogP contribution in [0.1, 0.15) is 18.2 Å². The fraction of sp³-hybridized carbons (Fsp3) is 0.231. The maximum absolute atomic E-state index is 5.98. The molecule has 1 heterocycles. The molecule has 1 aromatic carbocycles. The van der Waals surface area contributed by atoms with Crippen LogP contribution in [0.15, 0.2) is 48.9 Å². The van der Waals surface area contributed by atoms with Gasteiger partial charge in [-0.25, -0.2) is 0 Å². The average molecular weight is 229 g/mol. The predicted octanol–water partition coefficient (Wildman–Crippen LogP) is 1.95. The molecule has 88 valence electrons. The number of hydrogen-bond donors (Lipinski definition) is 1. The molecule has 0 aliphatic rings. The molecule has 0 radical (unpaired) electrons. The Morgan fingerprint density at radius 1 is 1.18 bits per heavy atom. The van der Waals surface area contributed by atoms with Crippen molar-refractivity contribution in [3.05, 3.63) is 54.6 Å². The smallest absolute Gasteiger partial charge is 0.119 e. The Morgan fingerprint density at radius 2 is 2.00 bits per heavy atom. The lowest BCUT2D eigenvalue weighted by atomic mass is 10.2. The summed E-state index contributed by atoms with van der Waals surface area (Å²) in [6.45, 7) is 0.571. The van der Waals surface area contributed by atoms with Gasteiger partial charge >= 0.3 is 0 Å². The van der Waals surface area contributed by atoms with Gasteiger partial charge in [0, 0.05) is 25.0 Å². The molecule has 4 heteroatoms. The number of benzene rings is 1. The first-order valence-electron chi connectivity index (χ1n) is 5.55. The zero-order chi connectivity index (χ0) is 11.9. The standard InChI is InChI=1S/C13H15N3O/c14-12(13-10-15-7-8-16-13)6-9-17-11-4-2-1-3-5-11/h1-5,7-8,10,12H,6,9,14H2. The highest BCUT2D eigenvalue weighted by Crippen LogP contribution is 2.12. The van der Waals surface area contributed by atoms with Gasteiger partial charge in [-0.3, -0.25) is 9.97 Å². The molecule has 1 unspecified atom stereocenters. The van der Waals surface area contributed by atoms with Gasteiger partial charge in [-0.05, 0) is 12.1 Å². The van der Waals surface area contributed by atoms with Gasteiger partial charge in [0.2, 0.25) is 0 Å². The SMILES string of the molecule is NC(CCOc1ccccc1)c1cnccn1. The van der Waals surface area contributed by atoms with Gasteiger partial charge in [-0.1, -0.05) is 18.2 Å². The van der Waals surface area contributed by atoms with Crippen molar-refractivity contribution in [1.82, 2.24) is 9.97 Å². The van der Waals surface area contributed by atoms with Crippen molar-refractivity contribution in [3.8, 4) is 5.75 Å². The molecule has 0 fully saturated rings. The van der Waals surface area contributed by atoms with E-state index in [1.807, 2.05) is 30.3 Å². The van der Waals surface area contributed by atoms with Crippen LogP contribution in [-0.4, -0.2) is 16.6 Å². The molecule has 2 N–H and O–H groups in total. The third kappa shape index (κ3) is 3.53. The largest absolute Gasteiger partial charge is 0.494 e. The summed E-state index contributed by atoms with van der Waals surface area (Å²) >= 11 is 0. The molecule has 0 spiro atoms. The number of hydrogen-bond acceptors (Lipinski definition) is 4. The summed E-state index contributed by atoms with van der Waals surface area (Å²) in [6.07, 6.45) is 5.69. The summed E-state index contributed by atoms with van der Waals surface area (Å²) in [6, 6.07) is 9.56. The molecule has 0 saturated heterocycles. The Balaban J connectivity index is 1.79. The Bertz CT molecular complexity index is 433. The van der Waals surface area contributed by atoms with E-state index in [0.717, 1.165) is 11.4 Å². The lowest BCUT2D eigenvalue weighted by molar-refractivity contribution is 0.297. The highest BCUT2D eigenvalue weighted by Gasteiger charge is 2.07. The molecule has 0 bridgehead atoms. The zero-order valence-corrected chi connectivity index (χ0v) is 9.49. The summed E-state index contributed by atoms with van der Waals surface area (Å²) in [5.74, 6) is 0.860. The molecule has 4 nitrogen and oxygen atoms in total. The zero-order valence-electron chi connectivity index (χ0n) is 9.49. The molecule has 2 rings (SSSR count). The highest BCUT2D eigenvalue weighted by atomic mass is 16.5. The minimum Gasteiger partial charge on any atom is -0.494 e. The molecule has 0 amide bonds. The summed E-state index contributed by atoms with van der Waals surface area (Å²) in [5, 5.41) is 0. The molecule has 0 aliphatic carbocycles. The maximum atomic E-state index is 5.98. The monoisotopic (exact) mass is 229 g/mol. The Kier molecular flexibility index (Phi) is 4.05.